The number of amides is 1. The number of nitrogens with zero attached hydrogens (tertiary/aromatic N) is 2. The summed E-state index contributed by atoms with van der Waals surface area (Å²) in [5.74, 6) is 1.01. The van der Waals surface area contributed by atoms with Gasteiger partial charge in [0.05, 0.1) is 19.7 Å². The third kappa shape index (κ3) is 4.83. The van der Waals surface area contributed by atoms with Crippen LogP contribution in [0.5, 0.6) is 5.75 Å². The third-order valence-corrected chi connectivity index (χ3v) is 6.43. The van der Waals surface area contributed by atoms with E-state index in [1.54, 1.807) is 18.4 Å². The molecule has 0 spiro atoms. The number of nitrogens with one attached hydrogen (secondary N) is 1. The summed E-state index contributed by atoms with van der Waals surface area (Å²) < 4.78 is 5.23. The Bertz CT molecular complexity index is 921. The van der Waals surface area contributed by atoms with Gasteiger partial charge in [-0.1, -0.05) is 36.4 Å². The molecule has 0 bridgehead atoms. The fourth-order valence-electron chi connectivity index (χ4n) is 3.79. The number of methoxy groups -OCH3 is 1. The molecule has 1 saturated heterocycles. The zero-order chi connectivity index (χ0) is 20.8. The van der Waals surface area contributed by atoms with Crippen LogP contribution >= 0.6 is 11.3 Å². The maximum atomic E-state index is 12.9. The van der Waals surface area contributed by atoms with Crippen LogP contribution < -0.4 is 15.0 Å². The van der Waals surface area contributed by atoms with E-state index < -0.39 is 0 Å². The highest BCUT2D eigenvalue weighted by atomic mass is 32.1. The summed E-state index contributed by atoms with van der Waals surface area (Å²) in [7, 11) is 1.67. The average Bonchev–Trinajstić information content (AvgIpc) is 3.35. The zero-order valence-corrected chi connectivity index (χ0v) is 18.0. The lowest BCUT2D eigenvalue weighted by Gasteiger charge is -2.36. The molecule has 1 aliphatic heterocycles. The van der Waals surface area contributed by atoms with E-state index in [-0.39, 0.29) is 11.9 Å². The molecular formula is C24H27N3O2S. The van der Waals surface area contributed by atoms with Gasteiger partial charge in [-0.05, 0) is 41.3 Å². The number of piperazine rings is 1. The van der Waals surface area contributed by atoms with Gasteiger partial charge >= 0.3 is 0 Å². The number of thiophene rings is 1. The minimum absolute atomic E-state index is 0.0377. The van der Waals surface area contributed by atoms with Crippen LogP contribution in [-0.2, 0) is 4.79 Å². The lowest BCUT2D eigenvalue weighted by molar-refractivity contribution is -0.130. The first-order chi connectivity index (χ1) is 14.7. The predicted molar refractivity (Wildman–Crippen MR) is 122 cm³/mol. The smallest absolute Gasteiger partial charge is 0.236 e. The number of hydrogen-bond acceptors (Lipinski definition) is 5. The summed E-state index contributed by atoms with van der Waals surface area (Å²) in [5, 5.41) is 5.56. The van der Waals surface area contributed by atoms with Gasteiger partial charge in [-0.25, -0.2) is 0 Å². The number of benzene rings is 2. The van der Waals surface area contributed by atoms with Crippen molar-refractivity contribution < 1.29 is 9.53 Å². The van der Waals surface area contributed by atoms with Gasteiger partial charge in [0, 0.05) is 36.7 Å². The molecule has 0 saturated carbocycles. The van der Waals surface area contributed by atoms with Crippen LogP contribution in [0, 0.1) is 0 Å². The SMILES string of the molecule is COc1ccc(N2CCN(C(=O)CN[C@H](c3ccccc3)c3cccs3)CC2)cc1. The Kier molecular flexibility index (Phi) is 6.67. The molecule has 6 heteroatoms. The van der Waals surface area contributed by atoms with Crippen LogP contribution in [0.3, 0.4) is 0 Å². The van der Waals surface area contributed by atoms with Crippen LogP contribution in [0.15, 0.2) is 72.1 Å². The van der Waals surface area contributed by atoms with Crippen molar-refractivity contribution in [3.8, 4) is 5.75 Å². The Morgan fingerprint density at radius 1 is 1.00 bits per heavy atom. The van der Waals surface area contributed by atoms with Crippen molar-refractivity contribution >= 4 is 22.9 Å². The minimum atomic E-state index is 0.0377. The lowest BCUT2D eigenvalue weighted by Crippen LogP contribution is -2.51. The molecular weight excluding hydrogens is 394 g/mol. The van der Waals surface area contributed by atoms with Crippen LogP contribution in [-0.4, -0.2) is 50.6 Å². The van der Waals surface area contributed by atoms with E-state index >= 15 is 0 Å². The molecule has 30 heavy (non-hydrogen) atoms. The molecule has 2 aromatic carbocycles. The van der Waals surface area contributed by atoms with Crippen molar-refractivity contribution in [3.05, 3.63) is 82.6 Å². The standard InChI is InChI=1S/C24H27N3O2S/c1-29-21-11-9-20(10-12-21)26-13-15-27(16-14-26)23(28)18-25-24(22-8-5-17-30-22)19-6-3-2-4-7-19/h2-12,17,24-25H,13-16,18H2,1H3/t24-/m1/s1. The van der Waals surface area contributed by atoms with Gasteiger partial charge in [0.15, 0.2) is 0 Å². The van der Waals surface area contributed by atoms with Crippen molar-refractivity contribution in [3.63, 3.8) is 0 Å². The van der Waals surface area contributed by atoms with E-state index in [2.05, 4.69) is 52.0 Å². The Hall–Kier alpha value is -2.83. The molecule has 4 rings (SSSR count). The van der Waals surface area contributed by atoms with Crippen molar-refractivity contribution in [2.24, 2.45) is 0 Å². The zero-order valence-electron chi connectivity index (χ0n) is 17.2. The molecule has 0 aliphatic carbocycles. The summed E-state index contributed by atoms with van der Waals surface area (Å²) >= 11 is 1.71. The van der Waals surface area contributed by atoms with Crippen LogP contribution in [0.1, 0.15) is 16.5 Å². The van der Waals surface area contributed by atoms with Gasteiger partial charge < -0.3 is 14.5 Å². The average molecular weight is 422 g/mol. The van der Waals surface area contributed by atoms with E-state index in [4.69, 9.17) is 4.74 Å². The number of anilines is 1. The number of carbonyl (C=O) groups excluding carboxylic acids is 1. The first-order valence-corrected chi connectivity index (χ1v) is 11.1. The molecule has 1 atom stereocenters. The van der Waals surface area contributed by atoms with Gasteiger partial charge in [0.1, 0.15) is 5.75 Å². The van der Waals surface area contributed by atoms with E-state index in [1.807, 2.05) is 35.2 Å². The summed E-state index contributed by atoms with van der Waals surface area (Å²) in [6.07, 6.45) is 0. The maximum absolute atomic E-state index is 12.9. The van der Waals surface area contributed by atoms with E-state index in [0.717, 1.165) is 31.9 Å². The molecule has 2 heterocycles. The monoisotopic (exact) mass is 421 g/mol. The number of ether oxygens (including phenoxy) is 1. The largest absolute Gasteiger partial charge is 0.497 e. The Morgan fingerprint density at radius 3 is 2.37 bits per heavy atom. The first-order valence-electron chi connectivity index (χ1n) is 10.2. The number of rotatable bonds is 7. The molecule has 1 amide bonds. The lowest BCUT2D eigenvalue weighted by atomic mass is 10.1. The van der Waals surface area contributed by atoms with Gasteiger partial charge in [0.2, 0.25) is 5.91 Å². The number of carbonyl (C=O) groups is 1. The van der Waals surface area contributed by atoms with Gasteiger partial charge in [0.25, 0.3) is 0 Å². The van der Waals surface area contributed by atoms with E-state index in [9.17, 15) is 4.79 Å². The second-order valence-corrected chi connectivity index (χ2v) is 8.29. The Labute approximate surface area is 181 Å². The van der Waals surface area contributed by atoms with E-state index in [0.29, 0.717) is 6.54 Å². The normalized spacial score (nSPS) is 15.1. The Balaban J connectivity index is 1.33. The highest BCUT2D eigenvalue weighted by Gasteiger charge is 2.23. The second kappa shape index (κ2) is 9.78. The van der Waals surface area contributed by atoms with Crippen molar-refractivity contribution in [1.29, 1.82) is 0 Å². The highest BCUT2D eigenvalue weighted by molar-refractivity contribution is 7.10. The van der Waals surface area contributed by atoms with E-state index in [1.165, 1.54) is 16.1 Å². The fraction of sp³-hybridized carbons (Fsp3) is 0.292. The molecule has 156 valence electrons. The molecule has 5 nitrogen and oxygen atoms in total. The Morgan fingerprint density at radius 2 is 1.73 bits per heavy atom. The number of hydrogen-bond donors (Lipinski definition) is 1. The fourth-order valence-corrected chi connectivity index (χ4v) is 4.62. The van der Waals surface area contributed by atoms with Gasteiger partial charge in [-0.3, -0.25) is 10.1 Å². The molecule has 1 aliphatic rings. The molecule has 3 aromatic rings. The van der Waals surface area contributed by atoms with Crippen molar-refractivity contribution in [2.75, 3.05) is 44.7 Å². The second-order valence-electron chi connectivity index (χ2n) is 7.31. The first kappa shape index (κ1) is 20.4. The summed E-state index contributed by atoms with van der Waals surface area (Å²) in [6.45, 7) is 3.49. The van der Waals surface area contributed by atoms with Crippen molar-refractivity contribution in [1.82, 2.24) is 10.2 Å². The van der Waals surface area contributed by atoms with Crippen LogP contribution in [0.4, 0.5) is 5.69 Å². The van der Waals surface area contributed by atoms with Crippen LogP contribution in [0.2, 0.25) is 0 Å². The summed E-state index contributed by atoms with van der Waals surface area (Å²) in [5.41, 5.74) is 2.35. The third-order valence-electron chi connectivity index (χ3n) is 5.49. The maximum Gasteiger partial charge on any atom is 0.236 e. The van der Waals surface area contributed by atoms with Gasteiger partial charge in [-0.2, -0.15) is 0 Å². The van der Waals surface area contributed by atoms with Crippen LogP contribution in [0.25, 0.3) is 0 Å². The molecule has 0 radical (unpaired) electrons. The topological polar surface area (TPSA) is 44.8 Å². The molecule has 1 fully saturated rings. The van der Waals surface area contributed by atoms with Gasteiger partial charge in [-0.15, -0.1) is 11.3 Å². The minimum Gasteiger partial charge on any atom is -0.497 e. The molecule has 1 aromatic heterocycles. The molecule has 1 N–H and O–H groups in total. The predicted octanol–water partition coefficient (Wildman–Crippen LogP) is 3.78. The molecule has 0 unspecified atom stereocenters. The summed E-state index contributed by atoms with van der Waals surface area (Å²) in [6, 6.07) is 22.6. The van der Waals surface area contributed by atoms with Crippen molar-refractivity contribution in [2.45, 2.75) is 6.04 Å². The summed E-state index contributed by atoms with van der Waals surface area (Å²) in [4.78, 5) is 18.4. The quantitative estimate of drug-likeness (QED) is 0.631. The highest BCUT2D eigenvalue weighted by Crippen LogP contribution is 2.26.